The highest BCUT2D eigenvalue weighted by molar-refractivity contribution is 5.96. The van der Waals surface area contributed by atoms with E-state index in [1.54, 1.807) is 17.2 Å². The number of aliphatic hydroxyl groups excluding tert-OH is 1. The average Bonchev–Trinajstić information content (AvgIpc) is 2.83. The van der Waals surface area contributed by atoms with Gasteiger partial charge in [-0.15, -0.1) is 0 Å². The first-order chi connectivity index (χ1) is 17.6. The number of fused-ring (bicyclic) bond motifs is 1. The molecule has 10 heteroatoms. The van der Waals surface area contributed by atoms with Crippen molar-refractivity contribution in [3.8, 4) is 0 Å². The molecule has 2 N–H and O–H groups in total. The zero-order chi connectivity index (χ0) is 25.9. The van der Waals surface area contributed by atoms with E-state index >= 15 is 0 Å². The molecule has 2 atom stereocenters. The van der Waals surface area contributed by atoms with Crippen LogP contribution in [0, 0.1) is 0 Å². The molecule has 0 radical (unpaired) electrons. The smallest absolute Gasteiger partial charge is 0.227 e. The van der Waals surface area contributed by atoms with Crippen molar-refractivity contribution in [1.82, 2.24) is 24.8 Å². The Kier molecular flexibility index (Phi) is 5.72. The van der Waals surface area contributed by atoms with Gasteiger partial charge in [0.25, 0.3) is 0 Å². The van der Waals surface area contributed by atoms with E-state index < -0.39 is 11.8 Å². The van der Waals surface area contributed by atoms with Gasteiger partial charge in [0.15, 0.2) is 5.67 Å². The largest absolute Gasteiger partial charge is 0.390 e. The van der Waals surface area contributed by atoms with Gasteiger partial charge >= 0.3 is 0 Å². The number of halogens is 1. The molecule has 1 spiro atoms. The highest BCUT2D eigenvalue weighted by Crippen LogP contribution is 2.44. The van der Waals surface area contributed by atoms with Gasteiger partial charge in [-0.25, -0.2) is 19.3 Å². The van der Waals surface area contributed by atoms with Crippen LogP contribution < -0.4 is 15.1 Å². The number of likely N-dealkylation sites (N-methyl/N-ethyl adjacent to an activating group) is 1. The van der Waals surface area contributed by atoms with Crippen molar-refractivity contribution in [2.24, 2.45) is 0 Å². The summed E-state index contributed by atoms with van der Waals surface area (Å²) in [6.07, 6.45) is 6.16. The molecule has 3 fully saturated rings. The number of nitrogens with zero attached hydrogens (tertiary/aromatic N) is 7. The summed E-state index contributed by atoms with van der Waals surface area (Å²) >= 11 is 0. The van der Waals surface area contributed by atoms with Crippen molar-refractivity contribution in [3.05, 3.63) is 36.3 Å². The van der Waals surface area contributed by atoms with Crippen LogP contribution in [0.2, 0.25) is 0 Å². The molecular weight excluding hydrogens is 471 g/mol. The van der Waals surface area contributed by atoms with Gasteiger partial charge in [-0.3, -0.25) is 0 Å². The summed E-state index contributed by atoms with van der Waals surface area (Å²) in [6.45, 7) is 9.50. The highest BCUT2D eigenvalue weighted by atomic mass is 19.1. The second-order valence-electron chi connectivity index (χ2n) is 11.5. The third kappa shape index (κ3) is 4.16. The van der Waals surface area contributed by atoms with Crippen LogP contribution >= 0.6 is 0 Å². The molecule has 9 nitrogen and oxygen atoms in total. The first kappa shape index (κ1) is 24.2. The van der Waals surface area contributed by atoms with Crippen molar-refractivity contribution in [2.75, 3.05) is 54.9 Å². The predicted molar refractivity (Wildman–Crippen MR) is 143 cm³/mol. The van der Waals surface area contributed by atoms with Gasteiger partial charge in [0.1, 0.15) is 17.5 Å². The van der Waals surface area contributed by atoms with Crippen LogP contribution in [-0.2, 0) is 0 Å². The number of alkyl halides is 1. The summed E-state index contributed by atoms with van der Waals surface area (Å²) in [6, 6.07) is 3.86. The molecule has 3 saturated heterocycles. The van der Waals surface area contributed by atoms with Gasteiger partial charge in [0.2, 0.25) is 5.95 Å². The Morgan fingerprint density at radius 3 is 2.57 bits per heavy atom. The summed E-state index contributed by atoms with van der Waals surface area (Å²) in [7, 11) is 2.16. The Bertz CT molecular complexity index is 1330. The maximum atomic E-state index is 14.7. The number of piperidine rings is 1. The number of rotatable bonds is 5. The maximum Gasteiger partial charge on any atom is 0.227 e. The van der Waals surface area contributed by atoms with Crippen LogP contribution in [-0.4, -0.2) is 87.0 Å². The summed E-state index contributed by atoms with van der Waals surface area (Å²) < 4.78 is 14.7. The van der Waals surface area contributed by atoms with E-state index in [-0.39, 0.29) is 12.1 Å². The molecule has 0 unspecified atom stereocenters. The number of aromatic nitrogens is 4. The lowest BCUT2D eigenvalue weighted by atomic mass is 9.77. The summed E-state index contributed by atoms with van der Waals surface area (Å²) in [4.78, 5) is 25.2. The number of likely N-dealkylation sites (tertiary alicyclic amines) is 1. The normalized spacial score (nSPS) is 25.4. The molecule has 196 valence electrons. The summed E-state index contributed by atoms with van der Waals surface area (Å²) in [5.74, 6) is 3.04. The van der Waals surface area contributed by atoms with Crippen molar-refractivity contribution in [1.29, 1.82) is 0 Å². The van der Waals surface area contributed by atoms with Gasteiger partial charge in [0.05, 0.1) is 18.2 Å². The molecule has 37 heavy (non-hydrogen) atoms. The Balaban J connectivity index is 1.29. The van der Waals surface area contributed by atoms with Gasteiger partial charge in [-0.1, -0.05) is 13.8 Å². The molecule has 0 amide bonds. The number of anilines is 4. The Hall–Kier alpha value is -3.11. The SMILES string of the molecule is CC(C)c1cnc(N2CCC23CN(C)C3)c2cnc(Nc3ccnc(N4CC[C@@H](O)[C@@](C)(F)C4)n3)cc12. The first-order valence-corrected chi connectivity index (χ1v) is 13.1. The van der Waals surface area contributed by atoms with E-state index in [4.69, 9.17) is 9.97 Å². The maximum absolute atomic E-state index is 14.7. The van der Waals surface area contributed by atoms with Gasteiger partial charge in [-0.2, -0.15) is 4.98 Å². The van der Waals surface area contributed by atoms with Crippen molar-refractivity contribution >= 4 is 34.2 Å². The molecule has 0 saturated carbocycles. The second kappa shape index (κ2) is 8.73. The van der Waals surface area contributed by atoms with E-state index in [1.165, 1.54) is 18.9 Å². The number of hydrogen-bond donors (Lipinski definition) is 2. The molecule has 0 aliphatic carbocycles. The van der Waals surface area contributed by atoms with Gasteiger partial charge in [0, 0.05) is 50.2 Å². The zero-order valence-electron chi connectivity index (χ0n) is 21.9. The van der Waals surface area contributed by atoms with Gasteiger partial charge < -0.3 is 25.1 Å². The monoisotopic (exact) mass is 506 g/mol. The fourth-order valence-electron chi connectivity index (χ4n) is 6.05. The molecule has 6 rings (SSSR count). The van der Waals surface area contributed by atoms with Crippen LogP contribution in [0.15, 0.2) is 30.7 Å². The third-order valence-corrected chi connectivity index (χ3v) is 8.21. The third-order valence-electron chi connectivity index (χ3n) is 8.21. The molecule has 0 bridgehead atoms. The number of nitrogens with one attached hydrogen (secondary N) is 1. The fraction of sp³-hybridized carbons (Fsp3) is 0.556. The molecular formula is C27H35FN8O. The average molecular weight is 507 g/mol. The zero-order valence-corrected chi connectivity index (χ0v) is 21.9. The van der Waals surface area contributed by atoms with Crippen molar-refractivity contribution < 1.29 is 9.50 Å². The molecule has 3 aromatic rings. The molecule has 0 aromatic carbocycles. The second-order valence-corrected chi connectivity index (χ2v) is 11.5. The van der Waals surface area contributed by atoms with Crippen LogP contribution in [0.5, 0.6) is 0 Å². The van der Waals surface area contributed by atoms with E-state index in [9.17, 15) is 9.50 Å². The Morgan fingerprint density at radius 2 is 1.89 bits per heavy atom. The number of aliphatic hydroxyl groups is 1. The summed E-state index contributed by atoms with van der Waals surface area (Å²) in [5.41, 5.74) is -0.307. The van der Waals surface area contributed by atoms with E-state index in [0.29, 0.717) is 36.5 Å². The highest BCUT2D eigenvalue weighted by Gasteiger charge is 2.53. The number of pyridine rings is 2. The standard InChI is InChI=1S/C27H35FN8O/c1-17(2)19-12-31-24(36-10-7-27(36)15-34(4)16-27)20-13-30-23(11-18(19)20)32-22-5-8-29-25(33-22)35-9-6-21(37)26(3,28)14-35/h5,8,11-13,17,21,37H,6-7,9-10,14-16H2,1-4H3,(H,29,30,32,33)/t21-,26+/m1/s1. The predicted octanol–water partition coefficient (Wildman–Crippen LogP) is 3.48. The minimum Gasteiger partial charge on any atom is -0.390 e. The quantitative estimate of drug-likeness (QED) is 0.539. The van der Waals surface area contributed by atoms with E-state index in [0.717, 1.165) is 36.2 Å². The molecule has 6 heterocycles. The van der Waals surface area contributed by atoms with Crippen molar-refractivity contribution in [2.45, 2.75) is 56.8 Å². The molecule has 3 aliphatic rings. The lowest BCUT2D eigenvalue weighted by Crippen LogP contribution is -2.76. The van der Waals surface area contributed by atoms with E-state index in [1.807, 2.05) is 12.4 Å². The lowest BCUT2D eigenvalue weighted by Gasteiger charge is -2.62. The first-order valence-electron chi connectivity index (χ1n) is 13.1. The van der Waals surface area contributed by atoms with E-state index in [2.05, 4.69) is 52.0 Å². The number of hydrogen-bond acceptors (Lipinski definition) is 9. The summed E-state index contributed by atoms with van der Waals surface area (Å²) in [5, 5.41) is 15.5. The molecule has 3 aliphatic heterocycles. The lowest BCUT2D eigenvalue weighted by molar-refractivity contribution is -0.00860. The van der Waals surface area contributed by atoms with Crippen LogP contribution in [0.3, 0.4) is 0 Å². The minimum atomic E-state index is -1.70. The Labute approximate surface area is 216 Å². The van der Waals surface area contributed by atoms with Crippen molar-refractivity contribution in [3.63, 3.8) is 0 Å². The van der Waals surface area contributed by atoms with Gasteiger partial charge in [-0.05, 0) is 55.8 Å². The minimum absolute atomic E-state index is 0.0488. The topological polar surface area (TPSA) is 93.5 Å². The van der Waals surface area contributed by atoms with Crippen LogP contribution in [0.4, 0.5) is 27.8 Å². The fourth-order valence-corrected chi connectivity index (χ4v) is 6.05. The Morgan fingerprint density at radius 1 is 1.08 bits per heavy atom. The molecule has 3 aromatic heterocycles. The van der Waals surface area contributed by atoms with Crippen LogP contribution in [0.1, 0.15) is 45.1 Å². The van der Waals surface area contributed by atoms with Crippen LogP contribution in [0.25, 0.3) is 10.8 Å².